The molecule has 0 amide bonds. The van der Waals surface area contributed by atoms with Gasteiger partial charge in [-0.25, -0.2) is 4.98 Å². The molecule has 1 aliphatic rings. The highest BCUT2D eigenvalue weighted by Gasteiger charge is 2.16. The predicted octanol–water partition coefficient (Wildman–Crippen LogP) is 2.49. The average molecular weight is 301 g/mol. The highest BCUT2D eigenvalue weighted by Crippen LogP contribution is 2.26. The minimum atomic E-state index is 0.715. The minimum absolute atomic E-state index is 0.715. The molecular formula is C13H23N3OS2. The van der Waals surface area contributed by atoms with Crippen LogP contribution in [0, 0.1) is 6.92 Å². The monoisotopic (exact) mass is 301 g/mol. The van der Waals surface area contributed by atoms with Crippen LogP contribution in [0.4, 0.5) is 5.95 Å². The van der Waals surface area contributed by atoms with Crippen LogP contribution in [0.5, 0.6) is 0 Å². The van der Waals surface area contributed by atoms with Crippen molar-refractivity contribution in [1.29, 1.82) is 0 Å². The van der Waals surface area contributed by atoms with Crippen molar-refractivity contribution in [3.8, 4) is 0 Å². The van der Waals surface area contributed by atoms with Gasteiger partial charge in [-0.05, 0) is 13.3 Å². The van der Waals surface area contributed by atoms with Crippen molar-refractivity contribution in [1.82, 2.24) is 9.55 Å². The molecule has 6 heteroatoms. The summed E-state index contributed by atoms with van der Waals surface area (Å²) in [7, 11) is 1.74. The first-order chi connectivity index (χ1) is 9.29. The van der Waals surface area contributed by atoms with Crippen LogP contribution in [0.2, 0.25) is 0 Å². The van der Waals surface area contributed by atoms with E-state index in [0.29, 0.717) is 5.25 Å². The summed E-state index contributed by atoms with van der Waals surface area (Å²) in [6.07, 6.45) is 3.16. The number of aromatic nitrogens is 2. The Hall–Kier alpha value is -0.330. The lowest BCUT2D eigenvalue weighted by atomic mass is 10.4. The molecule has 1 N–H and O–H groups in total. The topological polar surface area (TPSA) is 39.1 Å². The number of nitrogens with one attached hydrogen (secondary N) is 1. The Kier molecular flexibility index (Phi) is 6.40. The zero-order valence-electron chi connectivity index (χ0n) is 11.7. The number of thioether (sulfide) groups is 2. The Balaban J connectivity index is 1.87. The first kappa shape index (κ1) is 15.1. The molecule has 4 nitrogen and oxygen atoms in total. The van der Waals surface area contributed by atoms with E-state index >= 15 is 0 Å². The van der Waals surface area contributed by atoms with Gasteiger partial charge in [-0.15, -0.1) is 0 Å². The fraction of sp³-hybridized carbons (Fsp3) is 0.769. The first-order valence-corrected chi connectivity index (χ1v) is 8.96. The standard InChI is InChI=1S/C13H23N3OS2/c1-11-8-16(9-12-10-18-6-7-19-12)13(15-11)14-4-3-5-17-2/h8,12H,3-7,9-10H2,1-2H3,(H,14,15). The van der Waals surface area contributed by atoms with Gasteiger partial charge in [-0.3, -0.25) is 0 Å². The number of anilines is 1. The molecule has 1 atom stereocenters. The average Bonchev–Trinajstić information content (AvgIpc) is 2.76. The number of methoxy groups -OCH3 is 1. The largest absolute Gasteiger partial charge is 0.385 e. The number of ether oxygens (including phenoxy) is 1. The molecule has 1 aromatic heterocycles. The van der Waals surface area contributed by atoms with Crippen LogP contribution in [0.3, 0.4) is 0 Å². The van der Waals surface area contributed by atoms with Gasteiger partial charge in [0.25, 0.3) is 0 Å². The van der Waals surface area contributed by atoms with Crippen molar-refractivity contribution < 1.29 is 4.74 Å². The molecule has 2 rings (SSSR count). The number of hydrogen-bond acceptors (Lipinski definition) is 5. The summed E-state index contributed by atoms with van der Waals surface area (Å²) in [6.45, 7) is 4.82. The highest BCUT2D eigenvalue weighted by atomic mass is 32.2. The number of nitrogens with zero attached hydrogens (tertiary/aromatic N) is 2. The number of imidazole rings is 1. The quantitative estimate of drug-likeness (QED) is 0.783. The third-order valence-electron chi connectivity index (χ3n) is 2.99. The lowest BCUT2D eigenvalue weighted by Crippen LogP contribution is -2.21. The van der Waals surface area contributed by atoms with E-state index in [-0.39, 0.29) is 0 Å². The highest BCUT2D eigenvalue weighted by molar-refractivity contribution is 8.06. The third kappa shape index (κ3) is 4.93. The third-order valence-corrected chi connectivity index (χ3v) is 5.82. The summed E-state index contributed by atoms with van der Waals surface area (Å²) in [4.78, 5) is 4.57. The van der Waals surface area contributed by atoms with Crippen LogP contribution in [-0.4, -0.2) is 52.3 Å². The van der Waals surface area contributed by atoms with E-state index in [1.807, 2.05) is 0 Å². The molecule has 0 spiro atoms. The van der Waals surface area contributed by atoms with E-state index in [9.17, 15) is 0 Å². The van der Waals surface area contributed by atoms with Crippen LogP contribution < -0.4 is 5.32 Å². The van der Waals surface area contributed by atoms with Crippen molar-refractivity contribution in [2.24, 2.45) is 0 Å². The maximum absolute atomic E-state index is 5.06. The molecule has 108 valence electrons. The van der Waals surface area contributed by atoms with Gasteiger partial charge in [0.1, 0.15) is 0 Å². The molecule has 1 aromatic rings. The summed E-state index contributed by atoms with van der Waals surface area (Å²) in [5, 5.41) is 4.13. The fourth-order valence-corrected chi connectivity index (χ4v) is 4.77. The van der Waals surface area contributed by atoms with Crippen LogP contribution in [0.15, 0.2) is 6.20 Å². The van der Waals surface area contributed by atoms with Crippen LogP contribution in [-0.2, 0) is 11.3 Å². The number of rotatable bonds is 7. The predicted molar refractivity (Wildman–Crippen MR) is 85.5 cm³/mol. The van der Waals surface area contributed by atoms with E-state index < -0.39 is 0 Å². The molecule has 2 heterocycles. The van der Waals surface area contributed by atoms with Gasteiger partial charge in [0.2, 0.25) is 5.95 Å². The van der Waals surface area contributed by atoms with Gasteiger partial charge in [0, 0.05) is 55.5 Å². The Labute approximate surface area is 124 Å². The lowest BCUT2D eigenvalue weighted by molar-refractivity contribution is 0.197. The van der Waals surface area contributed by atoms with E-state index in [4.69, 9.17) is 4.74 Å². The van der Waals surface area contributed by atoms with Crippen molar-refractivity contribution in [3.63, 3.8) is 0 Å². The van der Waals surface area contributed by atoms with E-state index in [1.165, 1.54) is 17.3 Å². The van der Waals surface area contributed by atoms with Crippen LogP contribution in [0.1, 0.15) is 12.1 Å². The van der Waals surface area contributed by atoms with E-state index in [1.54, 1.807) is 7.11 Å². The second-order valence-electron chi connectivity index (χ2n) is 4.70. The molecule has 19 heavy (non-hydrogen) atoms. The normalized spacial score (nSPS) is 19.6. The van der Waals surface area contributed by atoms with Gasteiger partial charge < -0.3 is 14.6 Å². The SMILES string of the molecule is COCCCNc1nc(C)cn1CC1CSCCS1. The second-order valence-corrected chi connectivity index (χ2v) is 7.26. The first-order valence-electron chi connectivity index (χ1n) is 6.75. The van der Waals surface area contributed by atoms with Gasteiger partial charge in [0.15, 0.2) is 0 Å². The Morgan fingerprint density at radius 1 is 1.53 bits per heavy atom. The smallest absolute Gasteiger partial charge is 0.203 e. The fourth-order valence-electron chi connectivity index (χ4n) is 2.11. The zero-order chi connectivity index (χ0) is 13.5. The molecule has 0 saturated carbocycles. The van der Waals surface area contributed by atoms with Crippen LogP contribution in [0.25, 0.3) is 0 Å². The molecule has 0 radical (unpaired) electrons. The van der Waals surface area contributed by atoms with Gasteiger partial charge in [0.05, 0.1) is 5.69 Å². The molecule has 0 aliphatic carbocycles. The maximum atomic E-state index is 5.06. The zero-order valence-corrected chi connectivity index (χ0v) is 13.4. The number of hydrogen-bond donors (Lipinski definition) is 1. The maximum Gasteiger partial charge on any atom is 0.203 e. The molecule has 1 saturated heterocycles. The second kappa shape index (κ2) is 8.07. The van der Waals surface area contributed by atoms with Crippen molar-refractivity contribution in [2.45, 2.75) is 25.1 Å². The molecular weight excluding hydrogens is 278 g/mol. The number of aryl methyl sites for hydroxylation is 1. The molecule has 0 aromatic carbocycles. The lowest BCUT2D eigenvalue weighted by Gasteiger charge is -2.22. The Morgan fingerprint density at radius 2 is 2.42 bits per heavy atom. The summed E-state index contributed by atoms with van der Waals surface area (Å²) < 4.78 is 7.33. The van der Waals surface area contributed by atoms with Crippen molar-refractivity contribution in [3.05, 3.63) is 11.9 Å². The Bertz CT molecular complexity index is 378. The summed E-state index contributed by atoms with van der Waals surface area (Å²) in [6, 6.07) is 0. The van der Waals surface area contributed by atoms with Crippen LogP contribution >= 0.6 is 23.5 Å². The Morgan fingerprint density at radius 3 is 3.16 bits per heavy atom. The van der Waals surface area contributed by atoms with Crippen molar-refractivity contribution >= 4 is 29.5 Å². The van der Waals surface area contributed by atoms with Gasteiger partial charge in [-0.1, -0.05) is 0 Å². The van der Waals surface area contributed by atoms with E-state index in [2.05, 4.69) is 51.5 Å². The van der Waals surface area contributed by atoms with Gasteiger partial charge >= 0.3 is 0 Å². The van der Waals surface area contributed by atoms with E-state index in [0.717, 1.165) is 37.8 Å². The molecule has 1 unspecified atom stereocenters. The summed E-state index contributed by atoms with van der Waals surface area (Å²) >= 11 is 4.16. The van der Waals surface area contributed by atoms with Crippen molar-refractivity contribution in [2.75, 3.05) is 42.8 Å². The summed E-state index contributed by atoms with van der Waals surface area (Å²) in [5.41, 5.74) is 1.09. The minimum Gasteiger partial charge on any atom is -0.385 e. The van der Waals surface area contributed by atoms with Gasteiger partial charge in [-0.2, -0.15) is 23.5 Å². The molecule has 0 bridgehead atoms. The molecule has 1 fully saturated rings. The molecule has 1 aliphatic heterocycles. The summed E-state index contributed by atoms with van der Waals surface area (Å²) in [5.74, 6) is 4.83.